The maximum atomic E-state index is 11.7. The summed E-state index contributed by atoms with van der Waals surface area (Å²) in [7, 11) is -3.70. The minimum atomic E-state index is -3.70. The monoisotopic (exact) mass is 345 g/mol. The van der Waals surface area contributed by atoms with E-state index >= 15 is 0 Å². The summed E-state index contributed by atoms with van der Waals surface area (Å²) >= 11 is 0. The zero-order chi connectivity index (χ0) is 17.6. The molecule has 0 aliphatic heterocycles. The Balaban J connectivity index is 1.84. The van der Waals surface area contributed by atoms with Crippen LogP contribution in [0.2, 0.25) is 0 Å². The van der Waals surface area contributed by atoms with Gasteiger partial charge in [-0.25, -0.2) is 18.4 Å². The number of nitrogens with two attached hydrogens (primary N) is 1. The summed E-state index contributed by atoms with van der Waals surface area (Å²) in [6.07, 6.45) is 3.39. The Hall–Kier alpha value is -2.64. The minimum Gasteiger partial charge on any atom is -0.334 e. The van der Waals surface area contributed by atoms with Crippen LogP contribution in [-0.4, -0.2) is 14.4 Å². The number of urea groups is 1. The second-order valence-electron chi connectivity index (χ2n) is 5.21. The van der Waals surface area contributed by atoms with E-state index in [9.17, 15) is 13.2 Å². The third kappa shape index (κ3) is 5.22. The minimum absolute atomic E-state index is 0.0388. The number of primary sulfonamides is 1. The zero-order valence-electron chi connectivity index (χ0n) is 13.2. The van der Waals surface area contributed by atoms with Crippen molar-refractivity contribution in [3.8, 4) is 0 Å². The fourth-order valence-electron chi connectivity index (χ4n) is 2.01. The number of carbonyl (C=O) groups excluding carboxylic acids is 1. The standard InChI is InChI=1S/C17H19N3O3S/c1-13-4-2-3-5-15(13)10-11-19-17(21)20-12-14-6-8-16(9-7-14)24(18,22)23/h2-11H,12H2,1H3,(H2,18,22,23)(H2,19,20,21)/b11-10+. The van der Waals surface area contributed by atoms with Gasteiger partial charge in [-0.1, -0.05) is 36.4 Å². The van der Waals surface area contributed by atoms with E-state index in [1.165, 1.54) is 12.1 Å². The van der Waals surface area contributed by atoms with E-state index in [1.54, 1.807) is 18.3 Å². The molecule has 6 nitrogen and oxygen atoms in total. The van der Waals surface area contributed by atoms with Gasteiger partial charge in [0.15, 0.2) is 0 Å². The molecule has 0 heterocycles. The number of aryl methyl sites for hydroxylation is 1. The van der Waals surface area contributed by atoms with Gasteiger partial charge in [0, 0.05) is 12.7 Å². The molecule has 0 radical (unpaired) electrons. The first-order valence-electron chi connectivity index (χ1n) is 7.24. The van der Waals surface area contributed by atoms with Crippen molar-refractivity contribution in [3.05, 3.63) is 71.4 Å². The SMILES string of the molecule is Cc1ccccc1/C=C/NC(=O)NCc1ccc(S(N)(=O)=O)cc1. The predicted molar refractivity (Wildman–Crippen MR) is 93.4 cm³/mol. The van der Waals surface area contributed by atoms with Crippen molar-refractivity contribution in [2.24, 2.45) is 5.14 Å². The van der Waals surface area contributed by atoms with Crippen LogP contribution in [0.4, 0.5) is 4.79 Å². The Labute approximate surface area is 141 Å². The molecule has 24 heavy (non-hydrogen) atoms. The fourth-order valence-corrected chi connectivity index (χ4v) is 2.53. The first-order chi connectivity index (χ1) is 11.4. The van der Waals surface area contributed by atoms with Crippen molar-refractivity contribution >= 4 is 22.1 Å². The maximum Gasteiger partial charge on any atom is 0.319 e. The molecule has 0 bridgehead atoms. The normalized spacial score (nSPS) is 11.4. The smallest absolute Gasteiger partial charge is 0.319 e. The Bertz CT molecular complexity index is 844. The average Bonchev–Trinajstić information content (AvgIpc) is 2.54. The highest BCUT2D eigenvalue weighted by atomic mass is 32.2. The molecule has 126 valence electrons. The molecule has 2 rings (SSSR count). The van der Waals surface area contributed by atoms with Crippen LogP contribution in [0.15, 0.2) is 59.6 Å². The largest absolute Gasteiger partial charge is 0.334 e. The molecule has 0 spiro atoms. The topological polar surface area (TPSA) is 101 Å². The molecule has 0 saturated heterocycles. The number of carbonyl (C=O) groups is 1. The quantitative estimate of drug-likeness (QED) is 0.773. The van der Waals surface area contributed by atoms with Crippen molar-refractivity contribution in [3.63, 3.8) is 0 Å². The van der Waals surface area contributed by atoms with Gasteiger partial charge in [0.1, 0.15) is 0 Å². The summed E-state index contributed by atoms with van der Waals surface area (Å²) in [5.41, 5.74) is 2.91. The Morgan fingerprint density at radius 2 is 1.79 bits per heavy atom. The highest BCUT2D eigenvalue weighted by molar-refractivity contribution is 7.89. The number of hydrogen-bond donors (Lipinski definition) is 3. The maximum absolute atomic E-state index is 11.7. The molecule has 0 fully saturated rings. The van der Waals surface area contributed by atoms with E-state index in [1.807, 2.05) is 37.3 Å². The molecule has 0 aliphatic rings. The summed E-state index contributed by atoms with van der Waals surface area (Å²) in [6.45, 7) is 2.26. The Morgan fingerprint density at radius 3 is 2.42 bits per heavy atom. The number of hydrogen-bond acceptors (Lipinski definition) is 3. The van der Waals surface area contributed by atoms with Crippen molar-refractivity contribution in [2.45, 2.75) is 18.4 Å². The second-order valence-corrected chi connectivity index (χ2v) is 6.77. The molecular weight excluding hydrogens is 326 g/mol. The van der Waals surface area contributed by atoms with Gasteiger partial charge in [-0.05, 0) is 41.8 Å². The number of nitrogens with one attached hydrogen (secondary N) is 2. The molecule has 2 aromatic rings. The summed E-state index contributed by atoms with van der Waals surface area (Å²) < 4.78 is 22.3. The molecule has 2 aromatic carbocycles. The van der Waals surface area contributed by atoms with Gasteiger partial charge < -0.3 is 10.6 Å². The first kappa shape index (κ1) is 17.7. The van der Waals surface area contributed by atoms with E-state index in [0.29, 0.717) is 0 Å². The molecule has 0 unspecified atom stereocenters. The number of amides is 2. The molecule has 4 N–H and O–H groups in total. The third-order valence-corrected chi connectivity index (χ3v) is 4.30. The Kier molecular flexibility index (Phi) is 5.73. The van der Waals surface area contributed by atoms with Crippen LogP contribution in [0, 0.1) is 6.92 Å². The average molecular weight is 345 g/mol. The molecular formula is C17H19N3O3S. The third-order valence-electron chi connectivity index (χ3n) is 3.37. The van der Waals surface area contributed by atoms with E-state index in [0.717, 1.165) is 16.7 Å². The molecule has 0 atom stereocenters. The van der Waals surface area contributed by atoms with E-state index in [-0.39, 0.29) is 17.5 Å². The van der Waals surface area contributed by atoms with Gasteiger partial charge in [-0.15, -0.1) is 0 Å². The predicted octanol–water partition coefficient (Wildman–Crippen LogP) is 2.11. The van der Waals surface area contributed by atoms with E-state index in [2.05, 4.69) is 10.6 Å². The fraction of sp³-hybridized carbons (Fsp3) is 0.118. The van der Waals surface area contributed by atoms with Gasteiger partial charge in [-0.2, -0.15) is 0 Å². The number of rotatable bonds is 5. The lowest BCUT2D eigenvalue weighted by atomic mass is 10.1. The van der Waals surface area contributed by atoms with Crippen LogP contribution in [-0.2, 0) is 16.6 Å². The molecule has 0 saturated carbocycles. The van der Waals surface area contributed by atoms with Crippen molar-refractivity contribution in [1.29, 1.82) is 0 Å². The van der Waals surface area contributed by atoms with E-state index < -0.39 is 10.0 Å². The first-order valence-corrected chi connectivity index (χ1v) is 8.79. The van der Waals surface area contributed by atoms with E-state index in [4.69, 9.17) is 5.14 Å². The van der Waals surface area contributed by atoms with Crippen LogP contribution in [0.1, 0.15) is 16.7 Å². The summed E-state index contributed by atoms with van der Waals surface area (Å²) in [4.78, 5) is 11.8. The highest BCUT2D eigenvalue weighted by Crippen LogP contribution is 2.09. The lowest BCUT2D eigenvalue weighted by Gasteiger charge is -2.06. The van der Waals surface area contributed by atoms with Gasteiger partial charge >= 0.3 is 6.03 Å². The van der Waals surface area contributed by atoms with Gasteiger partial charge in [0.05, 0.1) is 4.90 Å². The lowest BCUT2D eigenvalue weighted by Crippen LogP contribution is -2.31. The van der Waals surface area contributed by atoms with Gasteiger partial charge in [-0.3, -0.25) is 0 Å². The van der Waals surface area contributed by atoms with Crippen molar-refractivity contribution in [1.82, 2.24) is 10.6 Å². The van der Waals surface area contributed by atoms with Crippen molar-refractivity contribution < 1.29 is 13.2 Å². The molecule has 2 amide bonds. The second kappa shape index (κ2) is 7.76. The molecule has 0 aliphatic carbocycles. The lowest BCUT2D eigenvalue weighted by molar-refractivity contribution is 0.244. The summed E-state index contributed by atoms with van der Waals surface area (Å²) in [5.74, 6) is 0. The molecule has 0 aromatic heterocycles. The van der Waals surface area contributed by atoms with Crippen molar-refractivity contribution in [2.75, 3.05) is 0 Å². The van der Waals surface area contributed by atoms with Crippen LogP contribution < -0.4 is 15.8 Å². The van der Waals surface area contributed by atoms with Crippen LogP contribution in [0.25, 0.3) is 6.08 Å². The van der Waals surface area contributed by atoms with Crippen LogP contribution in [0.3, 0.4) is 0 Å². The van der Waals surface area contributed by atoms with Gasteiger partial charge in [0.25, 0.3) is 0 Å². The zero-order valence-corrected chi connectivity index (χ0v) is 14.0. The van der Waals surface area contributed by atoms with Gasteiger partial charge in [0.2, 0.25) is 10.0 Å². The summed E-state index contributed by atoms with van der Waals surface area (Å²) in [5, 5.41) is 10.3. The molecule has 7 heteroatoms. The summed E-state index contributed by atoms with van der Waals surface area (Å²) in [6, 6.07) is 13.5. The van der Waals surface area contributed by atoms with Crippen LogP contribution >= 0.6 is 0 Å². The Morgan fingerprint density at radius 1 is 1.12 bits per heavy atom. The van der Waals surface area contributed by atoms with Crippen LogP contribution in [0.5, 0.6) is 0 Å². The number of sulfonamides is 1. The highest BCUT2D eigenvalue weighted by Gasteiger charge is 2.06. The number of benzene rings is 2.